The number of halogens is 1. The van der Waals surface area contributed by atoms with Crippen LogP contribution in [0, 0.1) is 5.82 Å². The van der Waals surface area contributed by atoms with Gasteiger partial charge in [0.2, 0.25) is 0 Å². The van der Waals surface area contributed by atoms with Crippen LogP contribution in [0.4, 0.5) is 10.1 Å². The van der Waals surface area contributed by atoms with E-state index < -0.39 is 5.54 Å². The summed E-state index contributed by atoms with van der Waals surface area (Å²) in [6, 6.07) is 6.32. The fourth-order valence-electron chi connectivity index (χ4n) is 2.77. The summed E-state index contributed by atoms with van der Waals surface area (Å²) in [5, 5.41) is 13.0. The summed E-state index contributed by atoms with van der Waals surface area (Å²) in [4.78, 5) is 0. The smallest absolute Gasteiger partial charge is 0.125 e. The number of ether oxygens (including phenoxy) is 1. The maximum atomic E-state index is 13.2. The third-order valence-corrected chi connectivity index (χ3v) is 3.74. The van der Waals surface area contributed by atoms with Crippen LogP contribution in [0.1, 0.15) is 25.7 Å². The number of benzene rings is 1. The van der Waals surface area contributed by atoms with Crippen LogP contribution in [-0.4, -0.2) is 30.5 Å². The minimum atomic E-state index is -0.499. The van der Waals surface area contributed by atoms with Gasteiger partial charge in [0.25, 0.3) is 0 Å². The Morgan fingerprint density at radius 2 is 2.33 bits per heavy atom. The first-order chi connectivity index (χ1) is 8.70. The van der Waals surface area contributed by atoms with Crippen molar-refractivity contribution in [2.24, 2.45) is 0 Å². The summed E-state index contributed by atoms with van der Waals surface area (Å²) in [6.07, 6.45) is 3.85. The lowest BCUT2D eigenvalue weighted by molar-refractivity contribution is -0.00856. The van der Waals surface area contributed by atoms with Crippen molar-refractivity contribution in [3.63, 3.8) is 0 Å². The Labute approximate surface area is 107 Å². The molecule has 0 aliphatic heterocycles. The molecule has 0 spiro atoms. The van der Waals surface area contributed by atoms with Crippen molar-refractivity contribution < 1.29 is 14.2 Å². The summed E-state index contributed by atoms with van der Waals surface area (Å²) in [6.45, 7) is -0.0119. The van der Waals surface area contributed by atoms with Gasteiger partial charge < -0.3 is 15.2 Å². The quantitative estimate of drug-likeness (QED) is 0.866. The van der Waals surface area contributed by atoms with Gasteiger partial charge in [-0.1, -0.05) is 18.9 Å². The molecule has 2 atom stereocenters. The molecule has 1 aliphatic rings. The second-order valence-electron chi connectivity index (χ2n) is 4.92. The molecular weight excluding hydrogens is 233 g/mol. The van der Waals surface area contributed by atoms with Gasteiger partial charge in [-0.05, 0) is 31.0 Å². The van der Waals surface area contributed by atoms with Gasteiger partial charge >= 0.3 is 0 Å². The zero-order valence-electron chi connectivity index (χ0n) is 10.7. The first kappa shape index (κ1) is 13.3. The molecule has 2 rings (SSSR count). The van der Waals surface area contributed by atoms with Gasteiger partial charge in [-0.15, -0.1) is 0 Å². The molecule has 1 saturated carbocycles. The van der Waals surface area contributed by atoms with Crippen molar-refractivity contribution in [1.29, 1.82) is 0 Å². The van der Waals surface area contributed by atoms with Gasteiger partial charge in [-0.3, -0.25) is 0 Å². The molecule has 1 aliphatic carbocycles. The number of aliphatic hydroxyl groups is 1. The Hall–Kier alpha value is -1.13. The zero-order valence-corrected chi connectivity index (χ0v) is 10.7. The van der Waals surface area contributed by atoms with E-state index in [9.17, 15) is 9.50 Å². The van der Waals surface area contributed by atoms with E-state index >= 15 is 0 Å². The van der Waals surface area contributed by atoms with Crippen molar-refractivity contribution in [1.82, 2.24) is 0 Å². The van der Waals surface area contributed by atoms with Crippen LogP contribution in [0.15, 0.2) is 24.3 Å². The molecule has 2 N–H and O–H groups in total. The average Bonchev–Trinajstić information content (AvgIpc) is 2.39. The molecule has 0 aromatic heterocycles. The molecule has 18 heavy (non-hydrogen) atoms. The minimum Gasteiger partial charge on any atom is -0.394 e. The minimum absolute atomic E-state index is 0.0119. The third-order valence-electron chi connectivity index (χ3n) is 3.74. The first-order valence-corrected chi connectivity index (χ1v) is 6.37. The lowest BCUT2D eigenvalue weighted by atomic mass is 9.79. The second-order valence-corrected chi connectivity index (χ2v) is 4.92. The lowest BCUT2D eigenvalue weighted by Gasteiger charge is -2.43. The third kappa shape index (κ3) is 2.65. The predicted molar refractivity (Wildman–Crippen MR) is 69.1 cm³/mol. The van der Waals surface area contributed by atoms with E-state index in [4.69, 9.17) is 4.74 Å². The summed E-state index contributed by atoms with van der Waals surface area (Å²) < 4.78 is 18.7. The molecule has 1 fully saturated rings. The van der Waals surface area contributed by atoms with Crippen LogP contribution in [-0.2, 0) is 4.74 Å². The molecule has 0 saturated heterocycles. The molecule has 4 heteroatoms. The first-order valence-electron chi connectivity index (χ1n) is 6.37. The summed E-state index contributed by atoms with van der Waals surface area (Å²) >= 11 is 0. The standard InChI is InChI=1S/C14H20FNO2/c1-18-13-7-2-3-8-14(13,10-17)16-12-6-4-5-11(15)9-12/h4-6,9,13,16-17H,2-3,7-8,10H2,1H3. The van der Waals surface area contributed by atoms with E-state index in [1.807, 2.05) is 6.07 Å². The molecule has 100 valence electrons. The molecule has 0 bridgehead atoms. The van der Waals surface area contributed by atoms with Crippen molar-refractivity contribution in [3.8, 4) is 0 Å². The van der Waals surface area contributed by atoms with E-state index in [1.165, 1.54) is 12.1 Å². The van der Waals surface area contributed by atoms with E-state index in [-0.39, 0.29) is 18.5 Å². The number of anilines is 1. The lowest BCUT2D eigenvalue weighted by Crippen LogP contribution is -2.55. The van der Waals surface area contributed by atoms with Crippen LogP contribution in [0.25, 0.3) is 0 Å². The fraction of sp³-hybridized carbons (Fsp3) is 0.571. The molecule has 0 radical (unpaired) electrons. The average molecular weight is 253 g/mol. The van der Waals surface area contributed by atoms with Gasteiger partial charge in [-0.2, -0.15) is 0 Å². The van der Waals surface area contributed by atoms with Gasteiger partial charge in [-0.25, -0.2) is 4.39 Å². The molecule has 0 heterocycles. The highest BCUT2D eigenvalue weighted by Crippen LogP contribution is 2.33. The van der Waals surface area contributed by atoms with Crippen molar-refractivity contribution in [2.45, 2.75) is 37.3 Å². The van der Waals surface area contributed by atoms with Crippen LogP contribution in [0.5, 0.6) is 0 Å². The largest absolute Gasteiger partial charge is 0.394 e. The Balaban J connectivity index is 2.21. The summed E-state index contributed by atoms with van der Waals surface area (Å²) in [5.74, 6) is -0.280. The number of rotatable bonds is 4. The molecular formula is C14H20FNO2. The molecule has 3 nitrogen and oxygen atoms in total. The number of methoxy groups -OCH3 is 1. The molecule has 0 amide bonds. The second kappa shape index (κ2) is 5.67. The van der Waals surface area contributed by atoms with Crippen molar-refractivity contribution in [3.05, 3.63) is 30.1 Å². The highest BCUT2D eigenvalue weighted by molar-refractivity contribution is 5.46. The fourth-order valence-corrected chi connectivity index (χ4v) is 2.77. The highest BCUT2D eigenvalue weighted by Gasteiger charge is 2.40. The number of aliphatic hydroxyl groups excluding tert-OH is 1. The normalized spacial score (nSPS) is 28.1. The van der Waals surface area contributed by atoms with Gasteiger partial charge in [0.1, 0.15) is 5.82 Å². The van der Waals surface area contributed by atoms with E-state index in [1.54, 1.807) is 13.2 Å². The molecule has 1 aromatic carbocycles. The van der Waals surface area contributed by atoms with Gasteiger partial charge in [0, 0.05) is 12.8 Å². The van der Waals surface area contributed by atoms with E-state index in [0.29, 0.717) is 5.69 Å². The van der Waals surface area contributed by atoms with Gasteiger partial charge in [0.15, 0.2) is 0 Å². The number of nitrogens with one attached hydrogen (secondary N) is 1. The monoisotopic (exact) mass is 253 g/mol. The molecule has 2 unspecified atom stereocenters. The Bertz CT molecular complexity index is 399. The van der Waals surface area contributed by atoms with Crippen LogP contribution in [0.3, 0.4) is 0 Å². The van der Waals surface area contributed by atoms with Crippen molar-refractivity contribution >= 4 is 5.69 Å². The summed E-state index contributed by atoms with van der Waals surface area (Å²) in [5.41, 5.74) is 0.189. The SMILES string of the molecule is COC1CCCCC1(CO)Nc1cccc(F)c1. The van der Waals surface area contributed by atoms with Crippen LogP contribution >= 0.6 is 0 Å². The molecule has 1 aromatic rings. The van der Waals surface area contributed by atoms with Crippen LogP contribution in [0.2, 0.25) is 0 Å². The Morgan fingerprint density at radius 1 is 1.50 bits per heavy atom. The Kier molecular flexibility index (Phi) is 4.19. The Morgan fingerprint density at radius 3 is 3.00 bits per heavy atom. The van der Waals surface area contributed by atoms with Crippen LogP contribution < -0.4 is 5.32 Å². The maximum Gasteiger partial charge on any atom is 0.125 e. The predicted octanol–water partition coefficient (Wildman–Crippen LogP) is 2.56. The number of hydrogen-bond donors (Lipinski definition) is 2. The highest BCUT2D eigenvalue weighted by atomic mass is 19.1. The van der Waals surface area contributed by atoms with Crippen molar-refractivity contribution in [2.75, 3.05) is 19.0 Å². The zero-order chi connectivity index (χ0) is 13.0. The van der Waals surface area contributed by atoms with Gasteiger partial charge in [0.05, 0.1) is 18.2 Å². The number of hydrogen-bond acceptors (Lipinski definition) is 3. The topological polar surface area (TPSA) is 41.5 Å². The maximum absolute atomic E-state index is 13.2. The van der Waals surface area contributed by atoms with E-state index in [0.717, 1.165) is 25.7 Å². The summed E-state index contributed by atoms with van der Waals surface area (Å²) in [7, 11) is 1.66. The van der Waals surface area contributed by atoms with E-state index in [2.05, 4.69) is 5.32 Å².